The molecule has 1 atom stereocenters. The second kappa shape index (κ2) is 4.90. The highest BCUT2D eigenvalue weighted by atomic mass is 35.5. The zero-order chi connectivity index (χ0) is 12.4. The number of ether oxygens (including phenoxy) is 1. The van der Waals surface area contributed by atoms with Gasteiger partial charge in [-0.25, -0.2) is 0 Å². The number of alkyl halides is 1. The van der Waals surface area contributed by atoms with E-state index >= 15 is 0 Å². The van der Waals surface area contributed by atoms with Crippen molar-refractivity contribution in [2.75, 3.05) is 7.11 Å². The molecule has 0 spiro atoms. The van der Waals surface area contributed by atoms with E-state index in [1.165, 1.54) is 7.11 Å². The minimum absolute atomic E-state index is 0.513. The van der Waals surface area contributed by atoms with Crippen molar-refractivity contribution in [2.24, 2.45) is 0 Å². The molecule has 88 valence electrons. The molecule has 2 rings (SSSR count). The molecule has 0 fully saturated rings. The van der Waals surface area contributed by atoms with Crippen molar-refractivity contribution < 1.29 is 9.53 Å². The molecule has 1 heterocycles. The fourth-order valence-corrected chi connectivity index (χ4v) is 2.08. The van der Waals surface area contributed by atoms with Gasteiger partial charge in [-0.15, -0.1) is 11.6 Å². The summed E-state index contributed by atoms with van der Waals surface area (Å²) >= 11 is 12.1. The van der Waals surface area contributed by atoms with E-state index in [0.29, 0.717) is 16.1 Å². The molecule has 2 aromatic rings. The number of nitrogens with zero attached hydrogens (tertiary/aromatic N) is 1. The molecule has 1 aromatic carbocycles. The second-order valence-electron chi connectivity index (χ2n) is 3.42. The fraction of sp³-hybridized carbons (Fsp3) is 0.167. The van der Waals surface area contributed by atoms with Gasteiger partial charge in [0.1, 0.15) is 0 Å². The second-order valence-corrected chi connectivity index (χ2v) is 4.27. The Kier molecular flexibility index (Phi) is 3.50. The van der Waals surface area contributed by atoms with E-state index in [1.807, 2.05) is 6.07 Å². The summed E-state index contributed by atoms with van der Waals surface area (Å²) < 4.78 is 4.61. The summed E-state index contributed by atoms with van der Waals surface area (Å²) in [7, 11) is 1.29. The Bertz CT molecular complexity index is 571. The van der Waals surface area contributed by atoms with Crippen LogP contribution in [-0.2, 0) is 9.53 Å². The lowest BCUT2D eigenvalue weighted by atomic mass is 10.1. The Morgan fingerprint density at radius 1 is 1.41 bits per heavy atom. The normalized spacial score (nSPS) is 12.4. The summed E-state index contributed by atoms with van der Waals surface area (Å²) in [6.07, 6.45) is 1.63. The molecule has 0 aliphatic rings. The molecular weight excluding hydrogens is 261 g/mol. The minimum Gasteiger partial charge on any atom is -0.468 e. The lowest BCUT2D eigenvalue weighted by Gasteiger charge is -2.10. The van der Waals surface area contributed by atoms with Crippen molar-refractivity contribution in [3.05, 3.63) is 41.0 Å². The number of carbonyl (C=O) groups is 1. The Morgan fingerprint density at radius 3 is 2.88 bits per heavy atom. The Labute approximate surface area is 108 Å². The van der Waals surface area contributed by atoms with Gasteiger partial charge in [-0.3, -0.25) is 9.78 Å². The van der Waals surface area contributed by atoms with Crippen molar-refractivity contribution in [1.82, 2.24) is 4.98 Å². The van der Waals surface area contributed by atoms with E-state index in [2.05, 4.69) is 9.72 Å². The topological polar surface area (TPSA) is 39.2 Å². The fourth-order valence-electron chi connectivity index (χ4n) is 1.59. The van der Waals surface area contributed by atoms with Crippen molar-refractivity contribution in [3.63, 3.8) is 0 Å². The number of fused-ring (bicyclic) bond motifs is 1. The Morgan fingerprint density at radius 2 is 2.18 bits per heavy atom. The molecule has 0 radical (unpaired) electrons. The van der Waals surface area contributed by atoms with Gasteiger partial charge in [0.25, 0.3) is 0 Å². The van der Waals surface area contributed by atoms with Gasteiger partial charge in [-0.05, 0) is 18.2 Å². The number of carbonyl (C=O) groups excluding carboxylic acids is 1. The first-order chi connectivity index (χ1) is 8.15. The summed E-state index contributed by atoms with van der Waals surface area (Å²) in [5.41, 5.74) is 1.21. The van der Waals surface area contributed by atoms with Crippen LogP contribution in [0.1, 0.15) is 10.9 Å². The molecule has 1 aromatic heterocycles. The maximum absolute atomic E-state index is 11.4. The van der Waals surface area contributed by atoms with Crippen LogP contribution in [0.3, 0.4) is 0 Å². The smallest absolute Gasteiger partial charge is 0.328 e. The number of rotatable bonds is 2. The van der Waals surface area contributed by atoms with E-state index < -0.39 is 11.3 Å². The number of halogens is 2. The van der Waals surface area contributed by atoms with Crippen molar-refractivity contribution >= 4 is 40.1 Å². The van der Waals surface area contributed by atoms with E-state index in [4.69, 9.17) is 23.2 Å². The van der Waals surface area contributed by atoms with Gasteiger partial charge in [0.2, 0.25) is 0 Å². The largest absolute Gasteiger partial charge is 0.468 e. The maximum Gasteiger partial charge on any atom is 0.328 e. The number of esters is 1. The predicted molar refractivity (Wildman–Crippen MR) is 67.4 cm³/mol. The van der Waals surface area contributed by atoms with Crippen molar-refractivity contribution in [1.29, 1.82) is 0 Å². The van der Waals surface area contributed by atoms with Crippen LogP contribution < -0.4 is 0 Å². The van der Waals surface area contributed by atoms with E-state index in [0.717, 1.165) is 5.39 Å². The molecule has 0 saturated carbocycles. The van der Waals surface area contributed by atoms with Crippen LogP contribution in [-0.4, -0.2) is 18.1 Å². The quantitative estimate of drug-likeness (QED) is 0.620. The first kappa shape index (κ1) is 12.1. The van der Waals surface area contributed by atoms with Gasteiger partial charge < -0.3 is 4.74 Å². The van der Waals surface area contributed by atoms with E-state index in [1.54, 1.807) is 24.4 Å². The van der Waals surface area contributed by atoms with E-state index in [9.17, 15) is 4.79 Å². The zero-order valence-corrected chi connectivity index (χ0v) is 10.5. The molecule has 0 bridgehead atoms. The molecular formula is C12H9Cl2NO2. The lowest BCUT2D eigenvalue weighted by Crippen LogP contribution is -2.09. The molecule has 0 aliphatic heterocycles. The van der Waals surface area contributed by atoms with Crippen LogP contribution in [0.25, 0.3) is 10.9 Å². The Balaban J connectivity index is 2.63. The van der Waals surface area contributed by atoms with Gasteiger partial charge in [0.05, 0.1) is 12.6 Å². The minimum atomic E-state index is -0.880. The molecule has 0 saturated heterocycles. The highest BCUT2D eigenvalue weighted by molar-refractivity contribution is 6.36. The summed E-state index contributed by atoms with van der Waals surface area (Å²) in [5, 5.41) is 0.460. The molecule has 0 aliphatic carbocycles. The third kappa shape index (κ3) is 2.21. The molecule has 3 nitrogen and oxygen atoms in total. The number of methoxy groups -OCH3 is 1. The van der Waals surface area contributed by atoms with Gasteiger partial charge in [-0.2, -0.15) is 0 Å². The first-order valence-corrected chi connectivity index (χ1v) is 5.71. The van der Waals surface area contributed by atoms with Gasteiger partial charge >= 0.3 is 5.97 Å². The molecule has 1 unspecified atom stereocenters. The number of aromatic nitrogens is 1. The number of hydrogen-bond acceptors (Lipinski definition) is 3. The maximum atomic E-state index is 11.4. The van der Waals surface area contributed by atoms with E-state index in [-0.39, 0.29) is 0 Å². The average molecular weight is 270 g/mol. The van der Waals surface area contributed by atoms with Gasteiger partial charge in [0.15, 0.2) is 5.38 Å². The van der Waals surface area contributed by atoms with Gasteiger partial charge in [-0.1, -0.05) is 17.7 Å². The standard InChI is InChI=1S/C12H9Cl2NO2/c1-17-12(16)10(14)8-4-5-9(13)7-3-2-6-15-11(7)8/h2-6,10H,1H3. The number of hydrogen-bond donors (Lipinski definition) is 0. The monoisotopic (exact) mass is 269 g/mol. The van der Waals surface area contributed by atoms with Crippen LogP contribution in [0, 0.1) is 0 Å². The van der Waals surface area contributed by atoms with Crippen molar-refractivity contribution in [3.8, 4) is 0 Å². The third-order valence-corrected chi connectivity index (χ3v) is 3.17. The van der Waals surface area contributed by atoms with Crippen LogP contribution in [0.4, 0.5) is 0 Å². The predicted octanol–water partition coefficient (Wildman–Crippen LogP) is 3.34. The van der Waals surface area contributed by atoms with Gasteiger partial charge in [0, 0.05) is 22.2 Å². The molecule has 17 heavy (non-hydrogen) atoms. The average Bonchev–Trinajstić information content (AvgIpc) is 2.38. The molecule has 5 heteroatoms. The van der Waals surface area contributed by atoms with Crippen LogP contribution >= 0.6 is 23.2 Å². The van der Waals surface area contributed by atoms with Crippen LogP contribution in [0.15, 0.2) is 30.5 Å². The molecule has 0 amide bonds. The highest BCUT2D eigenvalue weighted by Gasteiger charge is 2.21. The summed E-state index contributed by atoms with van der Waals surface area (Å²) in [4.78, 5) is 15.6. The number of benzene rings is 1. The first-order valence-electron chi connectivity index (χ1n) is 4.90. The summed E-state index contributed by atoms with van der Waals surface area (Å²) in [5.74, 6) is -0.513. The van der Waals surface area contributed by atoms with Crippen molar-refractivity contribution in [2.45, 2.75) is 5.38 Å². The number of pyridine rings is 1. The third-order valence-electron chi connectivity index (χ3n) is 2.43. The van der Waals surface area contributed by atoms with Crippen LogP contribution in [0.5, 0.6) is 0 Å². The summed E-state index contributed by atoms with van der Waals surface area (Å²) in [6.45, 7) is 0. The zero-order valence-electron chi connectivity index (χ0n) is 8.98. The lowest BCUT2D eigenvalue weighted by molar-refractivity contribution is -0.140. The Hall–Kier alpha value is -1.32. The highest BCUT2D eigenvalue weighted by Crippen LogP contribution is 2.31. The summed E-state index contributed by atoms with van der Waals surface area (Å²) in [6, 6.07) is 6.99. The molecule has 0 N–H and O–H groups in total. The van der Waals surface area contributed by atoms with Crippen LogP contribution in [0.2, 0.25) is 5.02 Å². The SMILES string of the molecule is COC(=O)C(Cl)c1ccc(Cl)c2cccnc12.